The molecule has 0 aromatic heterocycles. The van der Waals surface area contributed by atoms with Crippen molar-refractivity contribution in [3.63, 3.8) is 0 Å². The molecule has 0 radical (unpaired) electrons. The molecule has 11 aromatic carbocycles. The summed E-state index contributed by atoms with van der Waals surface area (Å²) in [5, 5.41) is 22.7. The minimum Gasteiger partial charge on any atom is -0.491 e. The van der Waals surface area contributed by atoms with Crippen LogP contribution in [-0.2, 0) is 28.8 Å². The monoisotopic (exact) mass is 1470 g/mol. The van der Waals surface area contributed by atoms with Crippen molar-refractivity contribution in [2.45, 2.75) is 61.9 Å². The van der Waals surface area contributed by atoms with E-state index in [1.54, 1.807) is 54.7 Å². The molecule has 0 aliphatic carbocycles. The number of hydrogen-bond acceptors (Lipinski definition) is 18. The Labute approximate surface area is 639 Å². The van der Waals surface area contributed by atoms with Crippen LogP contribution in [0.2, 0.25) is 0 Å². The normalized spacial score (nSPS) is 16.0. The standard InChI is InChI=1S/C56H48N6O4S.C34H42N4O4/c63-67(64,55-33-29-45(30-34-55)59(39-53-41-65-53)57-37-43-21-25-51(26-22-43)61(47-13-5-1-6-14-47)48-15-7-2-8-16-48)56-35-31-46(32-36-56)60(40-54-42-66-54)58-38-44-23-27-52(28-24-44)62(49-17-9-3-10-18-49)50-19-11-4-12-20-50;1-5-37(6-2)28-14-9-25(10-15-28)34(26-11-16-29(17-12-26)38(7-3)8-4)36-35-20-27-13-18-30(39-21-31-22-40-31)19-33(27)42-24-32-23-41-32/h1-38,53-54H,39-42H2;9-20,31-32H,5-8,21-24H2,1-4H3/b57-37+,58-38+;35-20+. The Kier molecular flexibility index (Phi) is 24.4. The van der Waals surface area contributed by atoms with E-state index in [9.17, 15) is 8.42 Å². The van der Waals surface area contributed by atoms with Crippen molar-refractivity contribution in [3.05, 3.63) is 313 Å². The largest absolute Gasteiger partial charge is 0.491 e. The molecule has 0 N–H and O–H groups in total. The molecule has 4 unspecified atom stereocenters. The van der Waals surface area contributed by atoms with Crippen molar-refractivity contribution in [1.82, 2.24) is 0 Å². The van der Waals surface area contributed by atoms with E-state index < -0.39 is 9.84 Å². The van der Waals surface area contributed by atoms with Gasteiger partial charge in [0.05, 0.1) is 79.3 Å². The third-order valence-corrected chi connectivity index (χ3v) is 20.8. The van der Waals surface area contributed by atoms with Gasteiger partial charge >= 0.3 is 0 Å². The first-order chi connectivity index (χ1) is 53.6. The molecule has 4 fully saturated rings. The summed E-state index contributed by atoms with van der Waals surface area (Å²) >= 11 is 0. The maximum atomic E-state index is 14.0. The molecule has 11 aromatic rings. The first-order valence-corrected chi connectivity index (χ1v) is 38.8. The number of para-hydroxylation sites is 4. The van der Waals surface area contributed by atoms with E-state index in [1.165, 1.54) is 11.4 Å². The summed E-state index contributed by atoms with van der Waals surface area (Å²) < 4.78 is 61.6. The highest BCUT2D eigenvalue weighted by atomic mass is 32.2. The van der Waals surface area contributed by atoms with Gasteiger partial charge in [0.2, 0.25) is 9.84 Å². The summed E-state index contributed by atoms with van der Waals surface area (Å²) in [7, 11) is -3.83. The summed E-state index contributed by atoms with van der Waals surface area (Å²) in [6.45, 7) is 17.4. The lowest BCUT2D eigenvalue weighted by molar-refractivity contribution is 0.252. The van der Waals surface area contributed by atoms with Gasteiger partial charge in [0.1, 0.15) is 54.8 Å². The first kappa shape index (κ1) is 74.2. The van der Waals surface area contributed by atoms with Crippen LogP contribution in [0.15, 0.2) is 315 Å². The molecule has 4 aliphatic rings. The Morgan fingerprint density at radius 1 is 0.385 bits per heavy atom. The van der Waals surface area contributed by atoms with Crippen molar-refractivity contribution in [3.8, 4) is 11.5 Å². The predicted molar refractivity (Wildman–Crippen MR) is 440 cm³/mol. The average Bonchev–Trinajstić information content (AvgIpc) is 1.78. The second kappa shape index (κ2) is 35.8. The number of benzene rings is 11. The molecule has 15 rings (SSSR count). The van der Waals surface area contributed by atoms with Crippen molar-refractivity contribution < 1.29 is 36.8 Å². The number of rotatable bonds is 34. The van der Waals surface area contributed by atoms with Crippen molar-refractivity contribution in [1.29, 1.82) is 0 Å². The molecule has 4 heterocycles. The molecule has 4 aliphatic heterocycles. The Hall–Kier alpha value is -11.7. The molecule has 0 bridgehead atoms. The highest BCUT2D eigenvalue weighted by Crippen LogP contribution is 2.37. The van der Waals surface area contributed by atoms with Gasteiger partial charge in [-0.3, -0.25) is 10.0 Å². The lowest BCUT2D eigenvalue weighted by atomic mass is 10.0. The van der Waals surface area contributed by atoms with Gasteiger partial charge in [0.15, 0.2) is 0 Å². The minimum absolute atomic E-state index is 0.0542. The fourth-order valence-corrected chi connectivity index (χ4v) is 13.9. The summed E-state index contributed by atoms with van der Waals surface area (Å²) in [6.07, 6.45) is 5.81. The molecule has 554 valence electrons. The minimum atomic E-state index is -3.83. The van der Waals surface area contributed by atoms with Gasteiger partial charge in [-0.2, -0.15) is 15.3 Å². The molecular weight excluding hydrogens is 1380 g/mol. The first-order valence-electron chi connectivity index (χ1n) is 37.3. The van der Waals surface area contributed by atoms with Crippen LogP contribution in [0.5, 0.6) is 11.5 Å². The maximum Gasteiger partial charge on any atom is 0.206 e. The zero-order chi connectivity index (χ0) is 74.7. The number of nitrogens with zero attached hydrogens (tertiary/aromatic N) is 10. The van der Waals surface area contributed by atoms with Gasteiger partial charge < -0.3 is 48.0 Å². The van der Waals surface area contributed by atoms with Gasteiger partial charge in [-0.1, -0.05) is 121 Å². The summed E-state index contributed by atoms with van der Waals surface area (Å²) in [4.78, 5) is 9.47. The van der Waals surface area contributed by atoms with E-state index >= 15 is 0 Å². The number of epoxide rings is 4. The van der Waals surface area contributed by atoms with Gasteiger partial charge in [0.25, 0.3) is 0 Å². The smallest absolute Gasteiger partial charge is 0.206 e. The Bertz CT molecular complexity index is 4610. The SMILES string of the molecule is CCN(CC)c1ccc(C(=N/N=C/c2ccc(OCC3CO3)cc2OCC2CO2)c2ccc(N(CC)CC)cc2)cc1.O=S(=O)(c1ccc(N(CC2CO2)/N=C/c2ccc(N(c3ccccc3)c3ccccc3)cc2)cc1)c1ccc(N(CC2CO2)/N=C/c2ccc(N(c3ccccc3)c3ccccc3)cc2)cc1. The van der Waals surface area contributed by atoms with Gasteiger partial charge in [-0.25, -0.2) is 8.42 Å². The number of sulfone groups is 1. The van der Waals surface area contributed by atoms with Gasteiger partial charge in [-0.05, 0) is 197 Å². The topological polar surface area (TPSA) is 172 Å². The molecule has 0 saturated carbocycles. The number of ether oxygens (including phenoxy) is 6. The van der Waals surface area contributed by atoms with Crippen LogP contribution in [0.4, 0.5) is 56.9 Å². The van der Waals surface area contributed by atoms with Crippen LogP contribution < -0.4 is 39.1 Å². The summed E-state index contributed by atoms with van der Waals surface area (Å²) in [5.74, 6) is 1.42. The van der Waals surface area contributed by atoms with Crippen LogP contribution in [-0.4, -0.2) is 136 Å². The Morgan fingerprint density at radius 2 is 0.725 bits per heavy atom. The molecule has 18 nitrogen and oxygen atoms in total. The highest BCUT2D eigenvalue weighted by Gasteiger charge is 2.29. The van der Waals surface area contributed by atoms with E-state index in [2.05, 4.69) is 174 Å². The third kappa shape index (κ3) is 19.9. The Morgan fingerprint density at radius 3 is 1.08 bits per heavy atom. The molecule has 4 atom stereocenters. The molecular formula is C90H90N10O8S. The number of hydrazone groups is 2. The highest BCUT2D eigenvalue weighted by molar-refractivity contribution is 7.91. The van der Waals surface area contributed by atoms with Crippen molar-refractivity contribution in [2.75, 3.05) is 109 Å². The number of anilines is 10. The fraction of sp³-hybridized carbons (Fsp3) is 0.222. The van der Waals surface area contributed by atoms with Crippen LogP contribution in [0.3, 0.4) is 0 Å². The number of hydrogen-bond donors (Lipinski definition) is 0. The van der Waals surface area contributed by atoms with Crippen LogP contribution >= 0.6 is 0 Å². The molecule has 0 amide bonds. The summed E-state index contributed by atoms with van der Waals surface area (Å²) in [5.41, 5.74) is 15.7. The Balaban J connectivity index is 0.000000203. The lowest BCUT2D eigenvalue weighted by Crippen LogP contribution is -2.22. The van der Waals surface area contributed by atoms with E-state index in [0.717, 1.165) is 124 Å². The quantitative estimate of drug-likeness (QED) is 0.0212. The van der Waals surface area contributed by atoms with E-state index in [4.69, 9.17) is 43.7 Å². The zero-order valence-corrected chi connectivity index (χ0v) is 62.6. The van der Waals surface area contributed by atoms with E-state index in [0.29, 0.717) is 45.3 Å². The average molecular weight is 1470 g/mol. The van der Waals surface area contributed by atoms with Crippen molar-refractivity contribution in [2.24, 2.45) is 20.4 Å². The van der Waals surface area contributed by atoms with E-state index in [1.807, 2.05) is 138 Å². The third-order valence-electron chi connectivity index (χ3n) is 19.0. The van der Waals surface area contributed by atoms with Crippen molar-refractivity contribution >= 4 is 91.1 Å². The van der Waals surface area contributed by atoms with Gasteiger partial charge in [0, 0.05) is 94.4 Å². The molecule has 109 heavy (non-hydrogen) atoms. The molecule has 0 spiro atoms. The molecule has 19 heteroatoms. The van der Waals surface area contributed by atoms with Crippen LogP contribution in [0.25, 0.3) is 0 Å². The predicted octanol–water partition coefficient (Wildman–Crippen LogP) is 17.7. The zero-order valence-electron chi connectivity index (χ0n) is 61.8. The second-order valence-corrected chi connectivity index (χ2v) is 28.6. The summed E-state index contributed by atoms with van der Waals surface area (Å²) in [6, 6.07) is 94.2. The van der Waals surface area contributed by atoms with Gasteiger partial charge in [-0.15, -0.1) is 5.10 Å². The fourth-order valence-electron chi connectivity index (χ4n) is 12.6. The lowest BCUT2D eigenvalue weighted by Gasteiger charge is -2.25. The van der Waals surface area contributed by atoms with E-state index in [-0.39, 0.29) is 34.2 Å². The van der Waals surface area contributed by atoms with Crippen LogP contribution in [0, 0.1) is 0 Å². The molecule has 4 saturated heterocycles. The second-order valence-electron chi connectivity index (χ2n) is 26.6. The van der Waals surface area contributed by atoms with Crippen LogP contribution in [0.1, 0.15) is 55.5 Å². The maximum absolute atomic E-state index is 14.0.